The summed E-state index contributed by atoms with van der Waals surface area (Å²) in [6.07, 6.45) is 1.04. The molecule has 0 spiro atoms. The summed E-state index contributed by atoms with van der Waals surface area (Å²) in [5.41, 5.74) is 1.37. The predicted molar refractivity (Wildman–Crippen MR) is 138 cm³/mol. The van der Waals surface area contributed by atoms with Crippen LogP contribution in [-0.2, 0) is 19.1 Å². The number of aliphatic hydroxyl groups excluding tert-OH is 2. The van der Waals surface area contributed by atoms with E-state index in [9.17, 15) is 19.0 Å². The van der Waals surface area contributed by atoms with Crippen LogP contribution in [-0.4, -0.2) is 99.8 Å². The SMILES string of the molecule is CO[C@@H]1[C@@H](n2cc(-c3cc(F)c(Cl)c(F)c3)nn2)[C@@H](O)[C@@H](CO)O[C@@H]1CC1CC(C2CCNCC2)=NO1.O=CO. The van der Waals surface area contributed by atoms with Gasteiger partial charge < -0.3 is 34.9 Å². The van der Waals surface area contributed by atoms with Gasteiger partial charge in [0.05, 0.1) is 24.6 Å². The van der Waals surface area contributed by atoms with Crippen molar-refractivity contribution in [3.05, 3.63) is 35.0 Å². The number of benzene rings is 1. The monoisotopic (exact) mass is 587 g/mol. The molecule has 3 aliphatic rings. The van der Waals surface area contributed by atoms with Crippen LogP contribution < -0.4 is 5.32 Å². The zero-order chi connectivity index (χ0) is 28.8. The molecule has 2 fully saturated rings. The van der Waals surface area contributed by atoms with E-state index in [0.29, 0.717) is 18.8 Å². The number of methoxy groups -OCH3 is 1. The van der Waals surface area contributed by atoms with Crippen molar-refractivity contribution in [2.45, 2.75) is 62.2 Å². The van der Waals surface area contributed by atoms with Crippen molar-refractivity contribution in [2.24, 2.45) is 11.1 Å². The Balaban J connectivity index is 0.00000118. The number of ether oxygens (including phenoxy) is 2. The lowest BCUT2D eigenvalue weighted by atomic mass is 9.87. The fraction of sp³-hybridized carbons (Fsp3) is 0.600. The van der Waals surface area contributed by atoms with Crippen LogP contribution in [0.25, 0.3) is 11.3 Å². The maximum Gasteiger partial charge on any atom is 0.290 e. The fourth-order valence-corrected chi connectivity index (χ4v) is 5.55. The first-order valence-corrected chi connectivity index (χ1v) is 13.2. The van der Waals surface area contributed by atoms with E-state index in [4.69, 9.17) is 35.8 Å². The Hall–Kier alpha value is -2.75. The molecule has 6 atom stereocenters. The van der Waals surface area contributed by atoms with Gasteiger partial charge in [-0.3, -0.25) is 4.79 Å². The minimum atomic E-state index is -1.19. The van der Waals surface area contributed by atoms with Gasteiger partial charge in [-0.25, -0.2) is 13.5 Å². The molecule has 0 amide bonds. The Labute approximate surface area is 233 Å². The lowest BCUT2D eigenvalue weighted by molar-refractivity contribution is -0.219. The van der Waals surface area contributed by atoms with E-state index < -0.39 is 53.7 Å². The Morgan fingerprint density at radius 2 is 1.93 bits per heavy atom. The number of hydrogen-bond acceptors (Lipinski definition) is 10. The van der Waals surface area contributed by atoms with E-state index in [1.54, 1.807) is 0 Å². The van der Waals surface area contributed by atoms with E-state index in [0.717, 1.165) is 43.8 Å². The zero-order valence-electron chi connectivity index (χ0n) is 21.7. The average Bonchev–Trinajstić information content (AvgIpc) is 3.63. The number of carboxylic acid groups (broad SMARTS) is 1. The third kappa shape index (κ3) is 6.58. The van der Waals surface area contributed by atoms with Crippen LogP contribution in [0.5, 0.6) is 0 Å². The lowest BCUT2D eigenvalue weighted by Crippen LogP contribution is -2.57. The molecule has 1 aromatic heterocycles. The van der Waals surface area contributed by atoms with Crippen LogP contribution >= 0.6 is 11.6 Å². The Kier molecular flexibility index (Phi) is 10.4. The molecular formula is C25H32ClF2N5O7. The molecule has 2 saturated heterocycles. The van der Waals surface area contributed by atoms with Crippen LogP contribution in [0.4, 0.5) is 8.78 Å². The molecule has 0 radical (unpaired) electrons. The molecule has 0 saturated carbocycles. The Bertz CT molecular complexity index is 1160. The first kappa shape index (κ1) is 30.2. The van der Waals surface area contributed by atoms with Crippen molar-refractivity contribution in [3.8, 4) is 11.3 Å². The molecule has 220 valence electrons. The summed E-state index contributed by atoms with van der Waals surface area (Å²) in [5.74, 6) is -1.45. The van der Waals surface area contributed by atoms with Crippen molar-refractivity contribution in [2.75, 3.05) is 26.8 Å². The normalized spacial score (nSPS) is 28.8. The summed E-state index contributed by atoms with van der Waals surface area (Å²) in [4.78, 5) is 14.1. The maximum absolute atomic E-state index is 14.0. The second-order valence-corrected chi connectivity index (χ2v) is 10.2. The molecule has 15 heteroatoms. The highest BCUT2D eigenvalue weighted by molar-refractivity contribution is 6.31. The number of nitrogens with one attached hydrogen (secondary N) is 1. The summed E-state index contributed by atoms with van der Waals surface area (Å²) < 4.78 is 41.2. The quantitative estimate of drug-likeness (QED) is 0.278. The topological polar surface area (TPSA) is 161 Å². The fourth-order valence-electron chi connectivity index (χ4n) is 5.45. The van der Waals surface area contributed by atoms with Crippen LogP contribution in [0.3, 0.4) is 0 Å². The number of aliphatic hydroxyl groups is 2. The van der Waals surface area contributed by atoms with Gasteiger partial charge in [-0.2, -0.15) is 0 Å². The summed E-state index contributed by atoms with van der Waals surface area (Å²) in [5, 5.41) is 43.1. The largest absolute Gasteiger partial charge is 0.483 e. The molecule has 12 nitrogen and oxygen atoms in total. The first-order valence-electron chi connectivity index (χ1n) is 12.9. The molecule has 3 aliphatic heterocycles. The van der Waals surface area contributed by atoms with Crippen LogP contribution in [0.15, 0.2) is 23.5 Å². The molecule has 4 N–H and O–H groups in total. The van der Waals surface area contributed by atoms with Crippen LogP contribution in [0.2, 0.25) is 5.02 Å². The second kappa shape index (κ2) is 13.7. The van der Waals surface area contributed by atoms with Gasteiger partial charge in [0.25, 0.3) is 6.47 Å². The number of nitrogens with zero attached hydrogens (tertiary/aromatic N) is 4. The lowest BCUT2D eigenvalue weighted by Gasteiger charge is -2.44. The van der Waals surface area contributed by atoms with Gasteiger partial charge >= 0.3 is 0 Å². The van der Waals surface area contributed by atoms with Crippen molar-refractivity contribution in [3.63, 3.8) is 0 Å². The van der Waals surface area contributed by atoms with E-state index in [2.05, 4.69) is 20.8 Å². The van der Waals surface area contributed by atoms with Crippen molar-refractivity contribution < 1.29 is 43.2 Å². The number of oxime groups is 1. The van der Waals surface area contributed by atoms with Gasteiger partial charge in [0.15, 0.2) is 0 Å². The molecule has 0 aliphatic carbocycles. The molecular weight excluding hydrogens is 556 g/mol. The number of halogens is 3. The highest BCUT2D eigenvalue weighted by Gasteiger charge is 2.48. The molecule has 4 heterocycles. The Morgan fingerprint density at radius 3 is 2.55 bits per heavy atom. The summed E-state index contributed by atoms with van der Waals surface area (Å²) >= 11 is 5.59. The van der Waals surface area contributed by atoms with Crippen molar-refractivity contribution >= 4 is 23.8 Å². The predicted octanol–water partition coefficient (Wildman–Crippen LogP) is 1.79. The number of carbonyl (C=O) groups is 1. The maximum atomic E-state index is 14.0. The molecule has 0 bridgehead atoms. The van der Waals surface area contributed by atoms with Gasteiger partial charge in [0, 0.05) is 31.4 Å². The highest BCUT2D eigenvalue weighted by Crippen LogP contribution is 2.36. The van der Waals surface area contributed by atoms with Crippen LogP contribution in [0.1, 0.15) is 31.7 Å². The number of piperidine rings is 1. The highest BCUT2D eigenvalue weighted by atomic mass is 35.5. The molecule has 5 rings (SSSR count). The minimum absolute atomic E-state index is 0.137. The van der Waals surface area contributed by atoms with Gasteiger partial charge in [-0.15, -0.1) is 5.10 Å². The third-order valence-electron chi connectivity index (χ3n) is 7.39. The Morgan fingerprint density at radius 1 is 1.25 bits per heavy atom. The second-order valence-electron chi connectivity index (χ2n) is 9.79. The van der Waals surface area contributed by atoms with E-state index in [1.807, 2.05) is 0 Å². The average molecular weight is 588 g/mol. The summed E-state index contributed by atoms with van der Waals surface area (Å²) in [6.45, 7) is 1.24. The van der Waals surface area contributed by atoms with Gasteiger partial charge in [0.2, 0.25) is 0 Å². The zero-order valence-corrected chi connectivity index (χ0v) is 22.5. The smallest absolute Gasteiger partial charge is 0.290 e. The summed E-state index contributed by atoms with van der Waals surface area (Å²) in [6, 6.07) is 1.32. The van der Waals surface area contributed by atoms with Crippen molar-refractivity contribution in [1.29, 1.82) is 0 Å². The minimum Gasteiger partial charge on any atom is -0.483 e. The van der Waals surface area contributed by atoms with Crippen molar-refractivity contribution in [1.82, 2.24) is 20.3 Å². The van der Waals surface area contributed by atoms with E-state index in [-0.39, 0.29) is 23.8 Å². The molecule has 40 heavy (non-hydrogen) atoms. The first-order chi connectivity index (χ1) is 19.3. The number of aromatic nitrogens is 3. The van der Waals surface area contributed by atoms with Gasteiger partial charge in [-0.05, 0) is 38.1 Å². The number of rotatable bonds is 7. The van der Waals surface area contributed by atoms with Crippen LogP contribution in [0, 0.1) is 17.6 Å². The third-order valence-corrected chi connectivity index (χ3v) is 7.75. The molecule has 1 unspecified atom stereocenters. The number of hydrogen-bond donors (Lipinski definition) is 4. The molecule has 2 aromatic rings. The van der Waals surface area contributed by atoms with E-state index in [1.165, 1.54) is 18.0 Å². The van der Waals surface area contributed by atoms with Gasteiger partial charge in [-0.1, -0.05) is 22.0 Å². The van der Waals surface area contributed by atoms with E-state index >= 15 is 0 Å². The standard InChI is InChI=1S/C24H30ClF2N5O5.CH2O2/c1-35-24-19(9-14-8-17(30-37-14)12-2-4-28-5-3-12)36-20(11-33)23(34)22(24)32-10-18(29-31-32)13-6-15(26)21(25)16(27)7-13;2-1-3/h6-7,10,12,14,19-20,22-24,28,33-34H,2-5,8-9,11H2,1H3;1H,(H,2,3)/t14?,19-,20-,22+,23+,24+;/m1./s1. The summed E-state index contributed by atoms with van der Waals surface area (Å²) in [7, 11) is 1.49. The molecule has 1 aromatic carbocycles. The van der Waals surface area contributed by atoms with Gasteiger partial charge in [0.1, 0.15) is 52.8 Å².